The van der Waals surface area contributed by atoms with E-state index < -0.39 is 0 Å². The lowest BCUT2D eigenvalue weighted by molar-refractivity contribution is 0.0940. The number of amides is 1. The second-order valence-electron chi connectivity index (χ2n) is 6.25. The van der Waals surface area contributed by atoms with E-state index in [4.69, 9.17) is 0 Å². The van der Waals surface area contributed by atoms with Crippen molar-refractivity contribution in [2.45, 2.75) is 39.8 Å². The van der Waals surface area contributed by atoms with E-state index in [1.807, 2.05) is 31.2 Å². The Morgan fingerprint density at radius 3 is 2.67 bits per heavy atom. The van der Waals surface area contributed by atoms with Gasteiger partial charge in [0.1, 0.15) is 5.69 Å². The summed E-state index contributed by atoms with van der Waals surface area (Å²) in [6.07, 6.45) is 0. The summed E-state index contributed by atoms with van der Waals surface area (Å²) in [5.41, 5.74) is 2.70. The Hall–Kier alpha value is -2.62. The Kier molecular flexibility index (Phi) is 4.65. The van der Waals surface area contributed by atoms with Crippen LogP contribution in [-0.4, -0.2) is 15.7 Å². The van der Waals surface area contributed by atoms with Crippen molar-refractivity contribution in [3.05, 3.63) is 65.5 Å². The number of hydrogen-bond acceptors (Lipinski definition) is 2. The van der Waals surface area contributed by atoms with Gasteiger partial charge in [-0.3, -0.25) is 9.48 Å². The summed E-state index contributed by atoms with van der Waals surface area (Å²) in [5.74, 6) is 0.228. The lowest BCUT2D eigenvalue weighted by atomic mass is 10.0. The van der Waals surface area contributed by atoms with Crippen LogP contribution in [0, 0.1) is 0 Å². The van der Waals surface area contributed by atoms with Crippen LogP contribution in [0.5, 0.6) is 0 Å². The molecule has 4 heteroatoms. The Morgan fingerprint density at radius 1 is 1.17 bits per heavy atom. The Balaban J connectivity index is 1.80. The minimum atomic E-state index is -0.0795. The van der Waals surface area contributed by atoms with Crippen LogP contribution in [-0.2, 0) is 13.1 Å². The lowest BCUT2D eigenvalue weighted by Crippen LogP contribution is -2.25. The number of hydrogen-bond donors (Lipinski definition) is 1. The highest BCUT2D eigenvalue weighted by Gasteiger charge is 2.16. The molecule has 1 aromatic heterocycles. The van der Waals surface area contributed by atoms with Gasteiger partial charge in [-0.05, 0) is 35.2 Å². The summed E-state index contributed by atoms with van der Waals surface area (Å²) in [7, 11) is 0. The zero-order valence-corrected chi connectivity index (χ0v) is 14.4. The van der Waals surface area contributed by atoms with Crippen LogP contribution in [0.15, 0.2) is 48.5 Å². The third kappa shape index (κ3) is 3.18. The van der Waals surface area contributed by atoms with Gasteiger partial charge in [0, 0.05) is 13.1 Å². The number of nitrogens with zero attached hydrogens (tertiary/aromatic N) is 2. The summed E-state index contributed by atoms with van der Waals surface area (Å²) in [5, 5.41) is 9.90. The minimum absolute atomic E-state index is 0.0795. The van der Waals surface area contributed by atoms with E-state index in [9.17, 15) is 4.79 Å². The fourth-order valence-corrected chi connectivity index (χ4v) is 2.86. The van der Waals surface area contributed by atoms with Crippen LogP contribution < -0.4 is 5.32 Å². The summed E-state index contributed by atoms with van der Waals surface area (Å²) < 4.78 is 1.77. The third-order valence-electron chi connectivity index (χ3n) is 4.24. The van der Waals surface area contributed by atoms with Gasteiger partial charge in [0.05, 0.1) is 5.69 Å². The van der Waals surface area contributed by atoms with Gasteiger partial charge >= 0.3 is 0 Å². The largest absolute Gasteiger partial charge is 0.347 e. The number of benzene rings is 2. The molecule has 0 spiro atoms. The van der Waals surface area contributed by atoms with Crippen molar-refractivity contribution in [1.29, 1.82) is 0 Å². The van der Waals surface area contributed by atoms with E-state index in [0.717, 1.165) is 11.3 Å². The first-order valence-corrected chi connectivity index (χ1v) is 8.42. The molecule has 0 saturated carbocycles. The molecule has 1 N–H and O–H groups in total. The van der Waals surface area contributed by atoms with Crippen LogP contribution in [0.2, 0.25) is 0 Å². The molecule has 2 aromatic carbocycles. The highest BCUT2D eigenvalue weighted by atomic mass is 16.2. The van der Waals surface area contributed by atoms with Gasteiger partial charge in [0.2, 0.25) is 0 Å². The topological polar surface area (TPSA) is 46.9 Å². The summed E-state index contributed by atoms with van der Waals surface area (Å²) in [4.78, 5) is 12.6. The van der Waals surface area contributed by atoms with Gasteiger partial charge in [-0.15, -0.1) is 0 Å². The maximum Gasteiger partial charge on any atom is 0.269 e. The quantitative estimate of drug-likeness (QED) is 0.769. The van der Waals surface area contributed by atoms with E-state index in [0.29, 0.717) is 24.7 Å². The van der Waals surface area contributed by atoms with Crippen molar-refractivity contribution < 1.29 is 4.79 Å². The second kappa shape index (κ2) is 6.87. The van der Waals surface area contributed by atoms with E-state index >= 15 is 0 Å². The van der Waals surface area contributed by atoms with Gasteiger partial charge in [-0.25, -0.2) is 0 Å². The van der Waals surface area contributed by atoms with Crippen LogP contribution in [0.4, 0.5) is 0 Å². The average Bonchev–Trinajstić information content (AvgIpc) is 3.04. The summed E-state index contributed by atoms with van der Waals surface area (Å²) in [6, 6.07) is 16.3. The molecule has 0 fully saturated rings. The number of carbonyl (C=O) groups is 1. The number of aryl methyl sites for hydroxylation is 1. The van der Waals surface area contributed by atoms with Crippen LogP contribution in [0.1, 0.15) is 48.4 Å². The van der Waals surface area contributed by atoms with E-state index in [1.54, 1.807) is 4.68 Å². The van der Waals surface area contributed by atoms with Crippen molar-refractivity contribution in [2.24, 2.45) is 0 Å². The minimum Gasteiger partial charge on any atom is -0.347 e. The van der Waals surface area contributed by atoms with E-state index in [2.05, 4.69) is 48.5 Å². The molecule has 1 heterocycles. The van der Waals surface area contributed by atoms with E-state index in [1.165, 1.54) is 10.8 Å². The van der Waals surface area contributed by atoms with Crippen molar-refractivity contribution in [3.63, 3.8) is 0 Å². The van der Waals surface area contributed by atoms with Gasteiger partial charge in [-0.1, -0.05) is 56.3 Å². The molecule has 0 unspecified atom stereocenters. The van der Waals surface area contributed by atoms with Gasteiger partial charge in [0.15, 0.2) is 0 Å². The molecule has 0 radical (unpaired) electrons. The first-order valence-electron chi connectivity index (χ1n) is 8.42. The SMILES string of the molecule is CCn1nc(C(C)C)cc1C(=O)NCc1cccc2ccccc12. The van der Waals surface area contributed by atoms with Gasteiger partial charge in [0.25, 0.3) is 5.91 Å². The monoisotopic (exact) mass is 321 g/mol. The van der Waals surface area contributed by atoms with Crippen LogP contribution >= 0.6 is 0 Å². The number of rotatable bonds is 5. The molecule has 24 heavy (non-hydrogen) atoms. The molecule has 0 atom stereocenters. The predicted octanol–water partition coefficient (Wildman–Crippen LogP) is 4.11. The Morgan fingerprint density at radius 2 is 1.92 bits per heavy atom. The highest BCUT2D eigenvalue weighted by molar-refractivity contribution is 5.93. The molecule has 3 rings (SSSR count). The number of fused-ring (bicyclic) bond motifs is 1. The zero-order chi connectivity index (χ0) is 17.1. The molecule has 124 valence electrons. The molecule has 0 aliphatic carbocycles. The first-order chi connectivity index (χ1) is 11.6. The second-order valence-corrected chi connectivity index (χ2v) is 6.25. The summed E-state index contributed by atoms with van der Waals surface area (Å²) in [6.45, 7) is 7.36. The normalized spacial score (nSPS) is 11.2. The van der Waals surface area contributed by atoms with Crippen molar-refractivity contribution in [2.75, 3.05) is 0 Å². The fourth-order valence-electron chi connectivity index (χ4n) is 2.86. The molecule has 0 saturated heterocycles. The number of carbonyl (C=O) groups excluding carboxylic acids is 1. The first kappa shape index (κ1) is 16.2. The highest BCUT2D eigenvalue weighted by Crippen LogP contribution is 2.19. The van der Waals surface area contributed by atoms with Gasteiger partial charge < -0.3 is 5.32 Å². The molecule has 0 aliphatic heterocycles. The molecular formula is C20H23N3O. The zero-order valence-electron chi connectivity index (χ0n) is 14.4. The molecule has 1 amide bonds. The van der Waals surface area contributed by atoms with Crippen molar-refractivity contribution in [3.8, 4) is 0 Å². The van der Waals surface area contributed by atoms with E-state index in [-0.39, 0.29) is 5.91 Å². The molecule has 0 aliphatic rings. The molecule has 3 aromatic rings. The average molecular weight is 321 g/mol. The molecular weight excluding hydrogens is 298 g/mol. The van der Waals surface area contributed by atoms with Gasteiger partial charge in [-0.2, -0.15) is 5.10 Å². The maximum absolute atomic E-state index is 12.6. The Bertz CT molecular complexity index is 859. The molecule has 4 nitrogen and oxygen atoms in total. The number of aromatic nitrogens is 2. The smallest absolute Gasteiger partial charge is 0.269 e. The third-order valence-corrected chi connectivity index (χ3v) is 4.24. The van der Waals surface area contributed by atoms with Crippen molar-refractivity contribution >= 4 is 16.7 Å². The lowest BCUT2D eigenvalue weighted by Gasteiger charge is -2.09. The van der Waals surface area contributed by atoms with Crippen molar-refractivity contribution in [1.82, 2.24) is 15.1 Å². The number of nitrogens with one attached hydrogen (secondary N) is 1. The fraction of sp³-hybridized carbons (Fsp3) is 0.300. The Labute approximate surface area is 142 Å². The summed E-state index contributed by atoms with van der Waals surface area (Å²) >= 11 is 0. The van der Waals surface area contributed by atoms with Crippen LogP contribution in [0.25, 0.3) is 10.8 Å². The maximum atomic E-state index is 12.6. The predicted molar refractivity (Wildman–Crippen MR) is 97.1 cm³/mol. The van der Waals surface area contributed by atoms with Crippen LogP contribution in [0.3, 0.4) is 0 Å². The molecule has 0 bridgehead atoms. The standard InChI is InChI=1S/C20H23N3O/c1-4-23-19(12-18(22-23)14(2)3)20(24)21-13-16-10-7-9-15-8-5-6-11-17(15)16/h5-12,14H,4,13H2,1-3H3,(H,21,24).